The van der Waals surface area contributed by atoms with Crippen molar-refractivity contribution in [1.29, 1.82) is 0 Å². The predicted molar refractivity (Wildman–Crippen MR) is 96.9 cm³/mol. The van der Waals surface area contributed by atoms with Gasteiger partial charge in [-0.3, -0.25) is 9.59 Å². The molecule has 1 N–H and O–H groups in total. The lowest BCUT2D eigenvalue weighted by Gasteiger charge is -2.23. The number of rotatable bonds is 5. The Labute approximate surface area is 155 Å². The van der Waals surface area contributed by atoms with Crippen LogP contribution in [-0.4, -0.2) is 48.7 Å². The van der Waals surface area contributed by atoms with Crippen molar-refractivity contribution in [3.63, 3.8) is 0 Å². The highest BCUT2D eigenvalue weighted by Crippen LogP contribution is 2.36. The minimum atomic E-state index is -1.05. The molecule has 26 heavy (non-hydrogen) atoms. The second-order valence-electron chi connectivity index (χ2n) is 6.62. The maximum atomic E-state index is 13.1. The lowest BCUT2D eigenvalue weighted by atomic mass is 9.88. The van der Waals surface area contributed by atoms with E-state index in [9.17, 15) is 19.1 Å². The van der Waals surface area contributed by atoms with Gasteiger partial charge in [-0.15, -0.1) is 11.3 Å². The molecular weight excluding hydrogens is 357 g/mol. The first-order valence-corrected chi connectivity index (χ1v) is 9.06. The second-order valence-corrected chi connectivity index (χ2v) is 7.68. The number of aryl methyl sites for hydroxylation is 1. The number of methoxy groups -OCH3 is 1. The van der Waals surface area contributed by atoms with E-state index in [0.717, 1.165) is 16.0 Å². The molecule has 0 bridgehead atoms. The Kier molecular flexibility index (Phi) is 5.11. The van der Waals surface area contributed by atoms with Gasteiger partial charge in [0, 0.05) is 25.1 Å². The highest BCUT2D eigenvalue weighted by Gasteiger charge is 2.46. The molecule has 7 heteroatoms. The van der Waals surface area contributed by atoms with Crippen LogP contribution in [0.15, 0.2) is 30.3 Å². The van der Waals surface area contributed by atoms with Crippen molar-refractivity contribution < 1.29 is 23.8 Å². The van der Waals surface area contributed by atoms with Gasteiger partial charge in [-0.05, 0) is 42.7 Å². The molecule has 1 amide bonds. The summed E-state index contributed by atoms with van der Waals surface area (Å²) in [7, 11) is 1.47. The van der Waals surface area contributed by atoms with Crippen LogP contribution < -0.4 is 0 Å². The number of benzene rings is 1. The summed E-state index contributed by atoms with van der Waals surface area (Å²) in [5, 5.41) is 9.54. The fourth-order valence-electron chi connectivity index (χ4n) is 3.31. The Bertz CT molecular complexity index is 833. The first kappa shape index (κ1) is 18.5. The van der Waals surface area contributed by atoms with Crippen LogP contribution in [-0.2, 0) is 9.53 Å². The largest absolute Gasteiger partial charge is 0.481 e. The zero-order chi connectivity index (χ0) is 18.9. The first-order valence-electron chi connectivity index (χ1n) is 8.24. The lowest BCUT2D eigenvalue weighted by Crippen LogP contribution is -2.40. The summed E-state index contributed by atoms with van der Waals surface area (Å²) in [6, 6.07) is 7.96. The zero-order valence-corrected chi connectivity index (χ0v) is 15.4. The number of carbonyl (C=O) groups is 2. The van der Waals surface area contributed by atoms with Crippen molar-refractivity contribution in [2.24, 2.45) is 5.41 Å². The molecule has 3 rings (SSSR count). The summed E-state index contributed by atoms with van der Waals surface area (Å²) in [4.78, 5) is 27.5. The summed E-state index contributed by atoms with van der Waals surface area (Å²) in [5.41, 5.74) is 0.746. The number of carboxylic acids is 1. The number of thiophene rings is 1. The number of amides is 1. The Morgan fingerprint density at radius 3 is 2.65 bits per heavy atom. The van der Waals surface area contributed by atoms with Crippen LogP contribution in [0.5, 0.6) is 0 Å². The molecule has 1 aromatic heterocycles. The lowest BCUT2D eigenvalue weighted by molar-refractivity contribution is -0.151. The van der Waals surface area contributed by atoms with Crippen LogP contribution in [0.1, 0.15) is 21.7 Å². The molecule has 1 saturated heterocycles. The topological polar surface area (TPSA) is 66.8 Å². The summed E-state index contributed by atoms with van der Waals surface area (Å²) in [6.07, 6.45) is 0.372. The number of ether oxygens (including phenoxy) is 1. The van der Waals surface area contributed by atoms with Gasteiger partial charge in [0.1, 0.15) is 11.2 Å². The number of likely N-dealkylation sites (tertiary alicyclic amines) is 1. The van der Waals surface area contributed by atoms with E-state index < -0.39 is 11.4 Å². The van der Waals surface area contributed by atoms with Crippen molar-refractivity contribution in [3.05, 3.63) is 46.6 Å². The molecule has 5 nitrogen and oxygen atoms in total. The van der Waals surface area contributed by atoms with E-state index in [0.29, 0.717) is 17.8 Å². The molecule has 1 atom stereocenters. The Hall–Kier alpha value is -2.25. The summed E-state index contributed by atoms with van der Waals surface area (Å²) >= 11 is 1.34. The molecule has 0 spiro atoms. The second kappa shape index (κ2) is 7.17. The Morgan fingerprint density at radius 1 is 1.35 bits per heavy atom. The van der Waals surface area contributed by atoms with E-state index >= 15 is 0 Å². The van der Waals surface area contributed by atoms with Gasteiger partial charge in [0.2, 0.25) is 0 Å². The zero-order valence-electron chi connectivity index (χ0n) is 14.6. The van der Waals surface area contributed by atoms with Crippen molar-refractivity contribution >= 4 is 23.2 Å². The summed E-state index contributed by atoms with van der Waals surface area (Å²) in [6.45, 7) is 2.51. The van der Waals surface area contributed by atoms with Crippen LogP contribution in [0, 0.1) is 18.2 Å². The van der Waals surface area contributed by atoms with Gasteiger partial charge in [0.05, 0.1) is 11.5 Å². The van der Waals surface area contributed by atoms with Gasteiger partial charge in [-0.1, -0.05) is 12.1 Å². The molecule has 0 saturated carbocycles. The van der Waals surface area contributed by atoms with Gasteiger partial charge in [-0.2, -0.15) is 0 Å². The van der Waals surface area contributed by atoms with Crippen LogP contribution in [0.25, 0.3) is 10.4 Å². The van der Waals surface area contributed by atoms with E-state index in [4.69, 9.17) is 4.74 Å². The normalized spacial score (nSPS) is 19.7. The number of carboxylic acid groups (broad SMARTS) is 1. The van der Waals surface area contributed by atoms with Crippen molar-refractivity contribution in [2.45, 2.75) is 13.3 Å². The molecular formula is C19H20FNO4S. The number of aliphatic carboxylic acids is 1. The quantitative estimate of drug-likeness (QED) is 0.867. The molecule has 1 aliphatic heterocycles. The van der Waals surface area contributed by atoms with Crippen molar-refractivity contribution in [3.8, 4) is 10.4 Å². The minimum absolute atomic E-state index is 0.0798. The third kappa shape index (κ3) is 3.37. The van der Waals surface area contributed by atoms with E-state index in [1.165, 1.54) is 30.6 Å². The van der Waals surface area contributed by atoms with E-state index in [-0.39, 0.29) is 24.9 Å². The molecule has 138 valence electrons. The predicted octanol–water partition coefficient (Wildman–Crippen LogP) is 3.43. The van der Waals surface area contributed by atoms with Crippen molar-refractivity contribution in [1.82, 2.24) is 4.90 Å². The number of hydrogen-bond acceptors (Lipinski definition) is 4. The van der Waals surface area contributed by atoms with Crippen LogP contribution in [0.2, 0.25) is 0 Å². The van der Waals surface area contributed by atoms with Crippen LogP contribution in [0.4, 0.5) is 4.39 Å². The number of hydrogen-bond donors (Lipinski definition) is 1. The fraction of sp³-hybridized carbons (Fsp3) is 0.368. The molecule has 0 radical (unpaired) electrons. The fourth-order valence-corrected chi connectivity index (χ4v) is 4.45. The maximum Gasteiger partial charge on any atom is 0.313 e. The van der Waals surface area contributed by atoms with E-state index in [2.05, 4.69) is 0 Å². The van der Waals surface area contributed by atoms with Crippen LogP contribution in [0.3, 0.4) is 0 Å². The van der Waals surface area contributed by atoms with Gasteiger partial charge >= 0.3 is 5.97 Å². The minimum Gasteiger partial charge on any atom is -0.481 e. The highest BCUT2D eigenvalue weighted by molar-refractivity contribution is 7.17. The third-order valence-corrected chi connectivity index (χ3v) is 6.02. The van der Waals surface area contributed by atoms with Crippen LogP contribution >= 0.6 is 11.3 Å². The SMILES string of the molecule is COCC1(C(=O)O)CCN(C(=O)c2cc(C)c(-c3ccc(F)cc3)s2)C1. The Balaban J connectivity index is 1.82. The molecule has 2 aromatic rings. The van der Waals surface area contributed by atoms with Gasteiger partial charge in [-0.25, -0.2) is 4.39 Å². The number of nitrogens with zero attached hydrogens (tertiary/aromatic N) is 1. The van der Waals surface area contributed by atoms with E-state index in [1.807, 2.05) is 13.0 Å². The molecule has 1 fully saturated rings. The summed E-state index contributed by atoms with van der Waals surface area (Å²) < 4.78 is 18.2. The van der Waals surface area contributed by atoms with Gasteiger partial charge in [0.15, 0.2) is 0 Å². The van der Waals surface area contributed by atoms with Gasteiger partial charge < -0.3 is 14.7 Å². The Morgan fingerprint density at radius 2 is 2.04 bits per heavy atom. The maximum absolute atomic E-state index is 13.1. The molecule has 1 aromatic carbocycles. The van der Waals surface area contributed by atoms with Crippen molar-refractivity contribution in [2.75, 3.05) is 26.8 Å². The molecule has 1 unspecified atom stereocenters. The number of carbonyl (C=O) groups excluding carboxylic acids is 1. The third-order valence-electron chi connectivity index (χ3n) is 4.75. The molecule has 1 aliphatic rings. The monoisotopic (exact) mass is 377 g/mol. The first-order chi connectivity index (χ1) is 12.4. The number of halogens is 1. The molecule has 2 heterocycles. The average molecular weight is 377 g/mol. The smallest absolute Gasteiger partial charge is 0.313 e. The molecule has 0 aliphatic carbocycles. The van der Waals surface area contributed by atoms with E-state index in [1.54, 1.807) is 17.0 Å². The summed E-state index contributed by atoms with van der Waals surface area (Å²) in [5.74, 6) is -1.42. The van der Waals surface area contributed by atoms with Gasteiger partial charge in [0.25, 0.3) is 5.91 Å². The average Bonchev–Trinajstić information content (AvgIpc) is 3.20. The highest BCUT2D eigenvalue weighted by atomic mass is 32.1. The standard InChI is InChI=1S/C19H20FNO4S/c1-12-9-15(26-16(12)13-3-5-14(20)6-4-13)17(22)21-8-7-19(10-21,11-25-2)18(23)24/h3-6,9H,7-8,10-11H2,1-2H3,(H,23,24).